The molecule has 1 aliphatic carbocycles. The normalized spacial score (nSPS) is 20.2. The number of nitrogens with zero attached hydrogens (tertiary/aromatic N) is 1. The third kappa shape index (κ3) is 3.35. The van der Waals surface area contributed by atoms with Crippen molar-refractivity contribution >= 4 is 22.7 Å². The first kappa shape index (κ1) is 16.3. The maximum atomic E-state index is 12.3. The first-order chi connectivity index (χ1) is 11.6. The quantitative estimate of drug-likeness (QED) is 0.827. The number of carbonyl (C=O) groups is 2. The molecule has 1 aliphatic rings. The summed E-state index contributed by atoms with van der Waals surface area (Å²) in [5.41, 5.74) is 7.71. The molecule has 2 aromatic rings. The monoisotopic (exact) mass is 325 g/mol. The number of hydrogen-bond acceptors (Lipinski definition) is 2. The lowest BCUT2D eigenvalue weighted by Gasteiger charge is -2.27. The lowest BCUT2D eigenvalue weighted by Crippen LogP contribution is -2.46. The molecule has 0 radical (unpaired) electrons. The van der Waals surface area contributed by atoms with Crippen molar-refractivity contribution in [2.24, 2.45) is 11.7 Å². The molecule has 1 aromatic carbocycles. The van der Waals surface area contributed by atoms with Gasteiger partial charge in [0.05, 0.1) is 5.92 Å². The van der Waals surface area contributed by atoms with Crippen LogP contribution in [0.15, 0.2) is 42.5 Å². The summed E-state index contributed by atoms with van der Waals surface area (Å²) in [6.45, 7) is 2.67. The van der Waals surface area contributed by atoms with E-state index in [9.17, 15) is 9.59 Å². The van der Waals surface area contributed by atoms with Crippen molar-refractivity contribution in [2.45, 2.75) is 38.8 Å². The van der Waals surface area contributed by atoms with Gasteiger partial charge in [0.2, 0.25) is 11.8 Å². The van der Waals surface area contributed by atoms with Crippen LogP contribution in [0.2, 0.25) is 0 Å². The van der Waals surface area contributed by atoms with E-state index in [1.54, 1.807) is 0 Å². The Labute approximate surface area is 141 Å². The van der Waals surface area contributed by atoms with Crippen LogP contribution in [0.1, 0.15) is 25.0 Å². The first-order valence-corrected chi connectivity index (χ1v) is 8.35. The third-order valence-corrected chi connectivity index (χ3v) is 4.72. The number of aromatic nitrogens is 1. The molecule has 0 saturated carbocycles. The number of carbonyl (C=O) groups excluding carboxylic acids is 2. The number of primary amides is 1. The predicted octanol–water partition coefficient (Wildman–Crippen LogP) is 2.28. The number of nitrogens with one attached hydrogen (secondary N) is 1. The highest BCUT2D eigenvalue weighted by Crippen LogP contribution is 2.21. The first-order valence-electron chi connectivity index (χ1n) is 8.35. The van der Waals surface area contributed by atoms with Gasteiger partial charge in [-0.05, 0) is 37.3 Å². The molecule has 0 saturated heterocycles. The van der Waals surface area contributed by atoms with Gasteiger partial charge in [-0.3, -0.25) is 9.59 Å². The van der Waals surface area contributed by atoms with Crippen molar-refractivity contribution in [2.75, 3.05) is 0 Å². The number of hydrogen-bond donors (Lipinski definition) is 2. The Morgan fingerprint density at radius 2 is 2.00 bits per heavy atom. The van der Waals surface area contributed by atoms with Crippen LogP contribution in [0.4, 0.5) is 0 Å². The van der Waals surface area contributed by atoms with Gasteiger partial charge in [0.1, 0.15) is 0 Å². The zero-order chi connectivity index (χ0) is 17.1. The van der Waals surface area contributed by atoms with Crippen LogP contribution >= 0.6 is 0 Å². The second-order valence-corrected chi connectivity index (χ2v) is 6.37. The van der Waals surface area contributed by atoms with Gasteiger partial charge in [0, 0.05) is 30.2 Å². The van der Waals surface area contributed by atoms with Crippen molar-refractivity contribution in [1.82, 2.24) is 9.88 Å². The molecule has 0 unspecified atom stereocenters. The summed E-state index contributed by atoms with van der Waals surface area (Å²) in [7, 11) is 0. The van der Waals surface area contributed by atoms with Crippen molar-refractivity contribution in [3.05, 3.63) is 48.2 Å². The Bertz CT molecular complexity index is 791. The van der Waals surface area contributed by atoms with Crippen LogP contribution in [0.5, 0.6) is 0 Å². The average molecular weight is 325 g/mol. The predicted molar refractivity (Wildman–Crippen MR) is 94.3 cm³/mol. The zero-order valence-corrected chi connectivity index (χ0v) is 13.9. The number of amides is 2. The minimum Gasteiger partial charge on any atom is -0.369 e. The highest BCUT2D eigenvalue weighted by Gasteiger charge is 2.28. The zero-order valence-electron chi connectivity index (χ0n) is 13.9. The summed E-state index contributed by atoms with van der Waals surface area (Å²) in [6, 6.07) is 10.1. The number of rotatable bonds is 5. The minimum absolute atomic E-state index is 0.0428. The molecule has 3 N–H and O–H groups in total. The molecular weight excluding hydrogens is 302 g/mol. The summed E-state index contributed by atoms with van der Waals surface area (Å²) in [5.74, 6) is -0.705. The number of para-hydroxylation sites is 1. The molecule has 0 aliphatic heterocycles. The Morgan fingerprint density at radius 1 is 1.25 bits per heavy atom. The highest BCUT2D eigenvalue weighted by molar-refractivity contribution is 5.82. The third-order valence-electron chi connectivity index (χ3n) is 4.72. The summed E-state index contributed by atoms with van der Waals surface area (Å²) < 4.78 is 2.15. The standard InChI is InChI=1S/C19H23N3O2/c1-13-12-14-6-2-5-9-17(14)22(13)11-10-18(23)21-16-8-4-3-7-15(16)19(20)24/h2-6,9,12,15-16H,7-8,10-11H2,1H3,(H2,20,24)(H,21,23)/t15-,16+/m1/s1. The van der Waals surface area contributed by atoms with Gasteiger partial charge < -0.3 is 15.6 Å². The summed E-state index contributed by atoms with van der Waals surface area (Å²) in [5, 5.41) is 4.16. The lowest BCUT2D eigenvalue weighted by molar-refractivity contribution is -0.125. The smallest absolute Gasteiger partial charge is 0.222 e. The fourth-order valence-corrected chi connectivity index (χ4v) is 3.43. The largest absolute Gasteiger partial charge is 0.369 e. The van der Waals surface area contributed by atoms with Gasteiger partial charge in [-0.25, -0.2) is 0 Å². The molecule has 24 heavy (non-hydrogen) atoms. The Morgan fingerprint density at radius 3 is 2.79 bits per heavy atom. The van der Waals surface area contributed by atoms with E-state index in [1.165, 1.54) is 5.39 Å². The molecule has 0 bridgehead atoms. The molecule has 0 spiro atoms. The van der Waals surface area contributed by atoms with Crippen molar-refractivity contribution in [3.8, 4) is 0 Å². The second kappa shape index (κ2) is 6.91. The van der Waals surface area contributed by atoms with Gasteiger partial charge in [-0.1, -0.05) is 30.4 Å². The van der Waals surface area contributed by atoms with Crippen LogP contribution in [0, 0.1) is 12.8 Å². The average Bonchev–Trinajstić information content (AvgIpc) is 2.88. The molecule has 2 atom stereocenters. The molecule has 3 rings (SSSR count). The maximum Gasteiger partial charge on any atom is 0.222 e. The van der Waals surface area contributed by atoms with E-state index in [2.05, 4.69) is 28.1 Å². The Hall–Kier alpha value is -2.56. The molecule has 1 heterocycles. The number of nitrogens with two attached hydrogens (primary N) is 1. The molecule has 5 nitrogen and oxygen atoms in total. The highest BCUT2D eigenvalue weighted by atomic mass is 16.2. The SMILES string of the molecule is Cc1cc2ccccc2n1CCC(=O)N[C@H]1CC=CC[C@H]1C(N)=O. The molecule has 126 valence electrons. The van der Waals surface area contributed by atoms with Gasteiger partial charge >= 0.3 is 0 Å². The van der Waals surface area contributed by atoms with E-state index in [1.807, 2.05) is 31.2 Å². The van der Waals surface area contributed by atoms with Crippen molar-refractivity contribution in [3.63, 3.8) is 0 Å². The van der Waals surface area contributed by atoms with E-state index in [0.717, 1.165) is 11.2 Å². The van der Waals surface area contributed by atoms with Crippen LogP contribution in [0.3, 0.4) is 0 Å². The van der Waals surface area contributed by atoms with E-state index in [-0.39, 0.29) is 23.8 Å². The Balaban J connectivity index is 1.64. The van der Waals surface area contributed by atoms with E-state index in [0.29, 0.717) is 25.8 Å². The van der Waals surface area contributed by atoms with Gasteiger partial charge in [-0.15, -0.1) is 0 Å². The molecule has 1 aromatic heterocycles. The van der Waals surface area contributed by atoms with Crippen molar-refractivity contribution < 1.29 is 9.59 Å². The van der Waals surface area contributed by atoms with Crippen molar-refractivity contribution in [1.29, 1.82) is 0 Å². The fourth-order valence-electron chi connectivity index (χ4n) is 3.43. The van der Waals surface area contributed by atoms with Gasteiger partial charge in [0.25, 0.3) is 0 Å². The Kier molecular flexibility index (Phi) is 4.69. The lowest BCUT2D eigenvalue weighted by atomic mass is 9.88. The van der Waals surface area contributed by atoms with Crippen LogP contribution < -0.4 is 11.1 Å². The molecular formula is C19H23N3O2. The summed E-state index contributed by atoms with van der Waals surface area (Å²) in [4.78, 5) is 23.8. The van der Waals surface area contributed by atoms with E-state index >= 15 is 0 Å². The van der Waals surface area contributed by atoms with Gasteiger partial charge in [0.15, 0.2) is 0 Å². The number of benzene rings is 1. The molecule has 5 heteroatoms. The van der Waals surface area contributed by atoms with Crippen LogP contribution in [0.25, 0.3) is 10.9 Å². The molecule has 2 amide bonds. The maximum absolute atomic E-state index is 12.3. The van der Waals surface area contributed by atoms with E-state index in [4.69, 9.17) is 5.73 Å². The molecule has 0 fully saturated rings. The summed E-state index contributed by atoms with van der Waals surface area (Å²) in [6.07, 6.45) is 5.58. The van der Waals surface area contributed by atoms with Crippen LogP contribution in [-0.2, 0) is 16.1 Å². The number of fused-ring (bicyclic) bond motifs is 1. The summed E-state index contributed by atoms with van der Waals surface area (Å²) >= 11 is 0. The minimum atomic E-state index is -0.350. The van der Waals surface area contributed by atoms with Crippen LogP contribution in [-0.4, -0.2) is 22.4 Å². The number of aryl methyl sites for hydroxylation is 2. The van der Waals surface area contributed by atoms with Gasteiger partial charge in [-0.2, -0.15) is 0 Å². The topological polar surface area (TPSA) is 77.1 Å². The second-order valence-electron chi connectivity index (χ2n) is 6.37. The van der Waals surface area contributed by atoms with E-state index < -0.39 is 0 Å². The fraction of sp³-hybridized carbons (Fsp3) is 0.368. The number of allylic oxidation sites excluding steroid dienone is 1.